The molecule has 0 saturated carbocycles. The van der Waals surface area contributed by atoms with Gasteiger partial charge in [0.15, 0.2) is 0 Å². The van der Waals surface area contributed by atoms with E-state index in [9.17, 15) is 18.0 Å². The zero-order chi connectivity index (χ0) is 22.4. The third-order valence-electron chi connectivity index (χ3n) is 4.51. The zero-order valence-corrected chi connectivity index (χ0v) is 17.9. The van der Waals surface area contributed by atoms with E-state index in [1.54, 1.807) is 68.4 Å². The van der Waals surface area contributed by atoms with Crippen molar-refractivity contribution in [2.75, 3.05) is 16.6 Å². The molecule has 0 aliphatic rings. The van der Waals surface area contributed by atoms with Gasteiger partial charge < -0.3 is 10.1 Å². The van der Waals surface area contributed by atoms with Crippen molar-refractivity contribution in [3.63, 3.8) is 0 Å². The molecule has 0 aliphatic carbocycles. The molecule has 8 heteroatoms. The van der Waals surface area contributed by atoms with Gasteiger partial charge in [-0.15, -0.1) is 0 Å². The highest BCUT2D eigenvalue weighted by molar-refractivity contribution is 7.92. The summed E-state index contributed by atoms with van der Waals surface area (Å²) in [5.41, 5.74) is 1.92. The molecular weight excluding hydrogens is 416 g/mol. The number of ether oxygens (including phenoxy) is 1. The Bertz CT molecular complexity index is 1210. The second-order valence-corrected chi connectivity index (χ2v) is 8.33. The molecule has 0 aromatic heterocycles. The summed E-state index contributed by atoms with van der Waals surface area (Å²) in [7, 11) is -3.78. The summed E-state index contributed by atoms with van der Waals surface area (Å²) in [4.78, 5) is 24.9. The minimum atomic E-state index is -3.78. The highest BCUT2D eigenvalue weighted by Gasteiger charge is 2.17. The van der Waals surface area contributed by atoms with E-state index >= 15 is 0 Å². The molecule has 7 nitrogen and oxygen atoms in total. The van der Waals surface area contributed by atoms with E-state index in [0.29, 0.717) is 16.8 Å². The van der Waals surface area contributed by atoms with Crippen molar-refractivity contribution < 1.29 is 22.7 Å². The van der Waals surface area contributed by atoms with Crippen molar-refractivity contribution >= 4 is 33.3 Å². The van der Waals surface area contributed by atoms with Crippen LogP contribution in [0, 0.1) is 6.92 Å². The molecule has 0 radical (unpaired) electrons. The Morgan fingerprint density at radius 2 is 1.65 bits per heavy atom. The summed E-state index contributed by atoms with van der Waals surface area (Å²) in [6.45, 7) is 3.69. The lowest BCUT2D eigenvalue weighted by Gasteiger charge is -2.13. The van der Waals surface area contributed by atoms with Crippen LogP contribution in [-0.2, 0) is 14.8 Å². The molecule has 0 unspecified atom stereocenters. The molecular formula is C23H22N2O5S. The van der Waals surface area contributed by atoms with Crippen molar-refractivity contribution in [3.05, 3.63) is 89.5 Å². The van der Waals surface area contributed by atoms with E-state index in [2.05, 4.69) is 10.0 Å². The van der Waals surface area contributed by atoms with Crippen LogP contribution in [0.2, 0.25) is 0 Å². The molecule has 0 atom stereocenters. The molecule has 2 N–H and O–H groups in total. The van der Waals surface area contributed by atoms with E-state index in [4.69, 9.17) is 4.74 Å². The second-order valence-electron chi connectivity index (χ2n) is 6.65. The molecule has 0 bridgehead atoms. The summed E-state index contributed by atoms with van der Waals surface area (Å²) in [5.74, 6) is -0.904. The van der Waals surface area contributed by atoms with Crippen LogP contribution in [0.3, 0.4) is 0 Å². The molecule has 3 aromatic rings. The lowest BCUT2D eigenvalue weighted by molar-refractivity contribution is 0.0525. The molecule has 160 valence electrons. The molecule has 3 aromatic carbocycles. The molecule has 31 heavy (non-hydrogen) atoms. The Balaban J connectivity index is 1.80. The molecule has 0 fully saturated rings. The summed E-state index contributed by atoms with van der Waals surface area (Å²) in [6.07, 6.45) is 0. The van der Waals surface area contributed by atoms with Gasteiger partial charge in [-0.05, 0) is 61.9 Å². The fraction of sp³-hybridized carbons (Fsp3) is 0.130. The topological polar surface area (TPSA) is 102 Å². The number of hydrogen-bond acceptors (Lipinski definition) is 5. The summed E-state index contributed by atoms with van der Waals surface area (Å²) in [5, 5.41) is 2.76. The van der Waals surface area contributed by atoms with E-state index in [1.807, 2.05) is 0 Å². The number of nitrogens with one attached hydrogen (secondary N) is 2. The van der Waals surface area contributed by atoms with Crippen molar-refractivity contribution in [2.45, 2.75) is 18.7 Å². The van der Waals surface area contributed by atoms with Gasteiger partial charge in [-0.3, -0.25) is 9.52 Å². The highest BCUT2D eigenvalue weighted by atomic mass is 32.2. The van der Waals surface area contributed by atoms with Crippen LogP contribution in [0.15, 0.2) is 77.7 Å². The maximum absolute atomic E-state index is 12.8. The third-order valence-corrected chi connectivity index (χ3v) is 5.91. The molecule has 0 aliphatic heterocycles. The number of benzene rings is 3. The molecule has 0 heterocycles. The van der Waals surface area contributed by atoms with Crippen LogP contribution in [0.5, 0.6) is 0 Å². The Hall–Kier alpha value is -3.65. The lowest BCUT2D eigenvalue weighted by Crippen LogP contribution is -2.16. The number of carbonyl (C=O) groups is 2. The number of anilines is 2. The predicted octanol–water partition coefficient (Wildman–Crippen LogP) is 4.22. The van der Waals surface area contributed by atoms with Crippen LogP contribution in [0.1, 0.15) is 33.2 Å². The molecule has 1 amide bonds. The molecule has 0 spiro atoms. The number of amides is 1. The van der Waals surface area contributed by atoms with E-state index < -0.39 is 21.9 Å². The minimum Gasteiger partial charge on any atom is -0.462 e. The maximum atomic E-state index is 12.8. The van der Waals surface area contributed by atoms with Crippen molar-refractivity contribution in [1.29, 1.82) is 0 Å². The largest absolute Gasteiger partial charge is 0.462 e. The van der Waals surface area contributed by atoms with Crippen LogP contribution in [-0.4, -0.2) is 26.9 Å². The fourth-order valence-corrected chi connectivity index (χ4v) is 4.00. The average molecular weight is 439 g/mol. The van der Waals surface area contributed by atoms with Crippen LogP contribution in [0.25, 0.3) is 0 Å². The summed E-state index contributed by atoms with van der Waals surface area (Å²) in [6, 6.07) is 19.1. The SMILES string of the molecule is CCOC(=O)c1cccc(NC(=O)c2cccc(NS(=O)(=O)c3ccccc3)c2)c1C. The third kappa shape index (κ3) is 5.29. The monoisotopic (exact) mass is 438 g/mol. The van der Waals surface area contributed by atoms with Crippen LogP contribution in [0.4, 0.5) is 11.4 Å². The average Bonchev–Trinajstić information content (AvgIpc) is 2.76. The van der Waals surface area contributed by atoms with Crippen LogP contribution < -0.4 is 10.0 Å². The standard InChI is InChI=1S/C23H22N2O5S/c1-3-30-23(27)20-13-8-14-21(16(20)2)24-22(26)17-9-7-10-18(15-17)25-31(28,29)19-11-5-4-6-12-19/h4-15,25H,3H2,1-2H3,(H,24,26). The first-order valence-corrected chi connectivity index (χ1v) is 11.1. The first kappa shape index (κ1) is 22.0. The van der Waals surface area contributed by atoms with Gasteiger partial charge in [0.1, 0.15) is 0 Å². The van der Waals surface area contributed by atoms with Gasteiger partial charge in [0.2, 0.25) is 0 Å². The van der Waals surface area contributed by atoms with Gasteiger partial charge in [0.05, 0.1) is 17.1 Å². The van der Waals surface area contributed by atoms with Crippen molar-refractivity contribution in [1.82, 2.24) is 0 Å². The normalized spacial score (nSPS) is 10.9. The van der Waals surface area contributed by atoms with Gasteiger partial charge >= 0.3 is 5.97 Å². The smallest absolute Gasteiger partial charge is 0.338 e. The van der Waals surface area contributed by atoms with Crippen molar-refractivity contribution in [3.8, 4) is 0 Å². The summed E-state index contributed by atoms with van der Waals surface area (Å²) >= 11 is 0. The molecule has 3 rings (SSSR count). The van der Waals surface area contributed by atoms with E-state index in [0.717, 1.165) is 0 Å². The number of hydrogen-bond donors (Lipinski definition) is 2. The number of esters is 1. The zero-order valence-electron chi connectivity index (χ0n) is 17.1. The Kier molecular flexibility index (Phi) is 6.71. The Morgan fingerprint density at radius 3 is 2.35 bits per heavy atom. The molecule has 0 saturated heterocycles. The Labute approximate surface area is 181 Å². The minimum absolute atomic E-state index is 0.122. The van der Waals surface area contributed by atoms with E-state index in [1.165, 1.54) is 18.2 Å². The van der Waals surface area contributed by atoms with E-state index in [-0.39, 0.29) is 22.8 Å². The van der Waals surface area contributed by atoms with Gasteiger partial charge in [-0.1, -0.05) is 30.3 Å². The first-order valence-electron chi connectivity index (χ1n) is 9.58. The fourth-order valence-electron chi connectivity index (χ4n) is 2.93. The number of carbonyl (C=O) groups excluding carboxylic acids is 2. The second kappa shape index (κ2) is 9.44. The van der Waals surface area contributed by atoms with Gasteiger partial charge in [0.25, 0.3) is 15.9 Å². The highest BCUT2D eigenvalue weighted by Crippen LogP contribution is 2.22. The maximum Gasteiger partial charge on any atom is 0.338 e. The van der Waals surface area contributed by atoms with Gasteiger partial charge in [0, 0.05) is 16.9 Å². The quantitative estimate of drug-likeness (QED) is 0.538. The Morgan fingerprint density at radius 1 is 0.935 bits per heavy atom. The van der Waals surface area contributed by atoms with Crippen molar-refractivity contribution in [2.24, 2.45) is 0 Å². The lowest BCUT2D eigenvalue weighted by atomic mass is 10.1. The number of rotatable bonds is 7. The first-order chi connectivity index (χ1) is 14.8. The van der Waals surface area contributed by atoms with Crippen LogP contribution >= 0.6 is 0 Å². The van der Waals surface area contributed by atoms with Gasteiger partial charge in [-0.2, -0.15) is 0 Å². The predicted molar refractivity (Wildman–Crippen MR) is 119 cm³/mol. The summed E-state index contributed by atoms with van der Waals surface area (Å²) < 4.78 is 32.5. The van der Waals surface area contributed by atoms with Gasteiger partial charge in [-0.25, -0.2) is 13.2 Å². The number of sulfonamides is 1.